The average Bonchev–Trinajstić information content (AvgIpc) is 2.38. The van der Waals surface area contributed by atoms with Crippen LogP contribution >= 0.6 is 0 Å². The quantitative estimate of drug-likeness (QED) is 0.893. The lowest BCUT2D eigenvalue weighted by atomic mass is 9.90. The number of carbonyl (C=O) groups is 1. The monoisotopic (exact) mass is 241 g/mol. The highest BCUT2D eigenvalue weighted by Gasteiger charge is 2.17. The van der Waals surface area contributed by atoms with Crippen molar-refractivity contribution in [1.29, 1.82) is 0 Å². The van der Waals surface area contributed by atoms with Gasteiger partial charge in [-0.25, -0.2) is 4.79 Å². The topological polar surface area (TPSA) is 50.2 Å². The molecule has 3 heteroatoms. The van der Waals surface area contributed by atoms with E-state index in [0.717, 1.165) is 16.8 Å². The molecule has 1 aromatic carbocycles. The first kappa shape index (κ1) is 12.3. The second-order valence-corrected chi connectivity index (χ2v) is 4.44. The molecule has 0 radical (unpaired) electrons. The van der Waals surface area contributed by atoms with Crippen LogP contribution in [0, 0.1) is 0 Å². The third-order valence-corrected chi connectivity index (χ3v) is 2.85. The third-order valence-electron chi connectivity index (χ3n) is 2.85. The Bertz CT molecular complexity index is 562. The zero-order chi connectivity index (χ0) is 13.1. The fourth-order valence-corrected chi connectivity index (χ4v) is 2.12. The maximum atomic E-state index is 11.3. The van der Waals surface area contributed by atoms with Crippen LogP contribution in [0.3, 0.4) is 0 Å². The average molecular weight is 241 g/mol. The summed E-state index contributed by atoms with van der Waals surface area (Å²) in [5, 5.41) is 9.27. The van der Waals surface area contributed by atoms with Crippen LogP contribution in [-0.2, 0) is 0 Å². The van der Waals surface area contributed by atoms with Crippen LogP contribution in [0.4, 0.5) is 0 Å². The molecule has 0 fully saturated rings. The Morgan fingerprint density at radius 1 is 1.17 bits per heavy atom. The number of nitrogens with zero attached hydrogens (tertiary/aromatic N) is 1. The molecule has 2 rings (SSSR count). The predicted molar refractivity (Wildman–Crippen MR) is 70.7 cm³/mol. The van der Waals surface area contributed by atoms with Crippen LogP contribution in [0.2, 0.25) is 0 Å². The van der Waals surface area contributed by atoms with Gasteiger partial charge in [0.25, 0.3) is 0 Å². The number of rotatable bonds is 3. The summed E-state index contributed by atoms with van der Waals surface area (Å²) in [5.41, 5.74) is 2.90. The van der Waals surface area contributed by atoms with E-state index in [0.29, 0.717) is 5.56 Å². The fraction of sp³-hybridized carbons (Fsp3) is 0.200. The molecule has 0 bridgehead atoms. The smallest absolute Gasteiger partial charge is 0.335 e. The zero-order valence-electron chi connectivity index (χ0n) is 10.4. The van der Waals surface area contributed by atoms with Gasteiger partial charge in [0.15, 0.2) is 0 Å². The molecule has 18 heavy (non-hydrogen) atoms. The largest absolute Gasteiger partial charge is 0.478 e. The standard InChI is InChI=1S/C15H15NO2/c1-10(2)14-11(13-8-3-4-9-16-13)6-5-7-12(14)15(17)18/h3-10H,1-2H3,(H,17,18). The van der Waals surface area contributed by atoms with E-state index in [-0.39, 0.29) is 5.92 Å². The number of aromatic carboxylic acids is 1. The lowest BCUT2D eigenvalue weighted by Gasteiger charge is -2.15. The molecule has 2 aromatic rings. The molecular formula is C15H15NO2. The second kappa shape index (κ2) is 5.00. The highest BCUT2D eigenvalue weighted by molar-refractivity contribution is 5.92. The minimum absolute atomic E-state index is 0.134. The van der Waals surface area contributed by atoms with E-state index in [1.54, 1.807) is 18.3 Å². The lowest BCUT2D eigenvalue weighted by Crippen LogP contribution is -2.06. The molecule has 1 N–H and O–H groups in total. The van der Waals surface area contributed by atoms with Crippen LogP contribution < -0.4 is 0 Å². The van der Waals surface area contributed by atoms with E-state index >= 15 is 0 Å². The zero-order valence-corrected chi connectivity index (χ0v) is 10.4. The van der Waals surface area contributed by atoms with Crippen LogP contribution in [0.5, 0.6) is 0 Å². The number of carboxylic acid groups (broad SMARTS) is 1. The number of benzene rings is 1. The molecular weight excluding hydrogens is 226 g/mol. The molecule has 0 saturated carbocycles. The SMILES string of the molecule is CC(C)c1c(C(=O)O)cccc1-c1ccccn1. The number of pyridine rings is 1. The predicted octanol–water partition coefficient (Wildman–Crippen LogP) is 3.57. The van der Waals surface area contributed by atoms with Crippen molar-refractivity contribution in [3.8, 4) is 11.3 Å². The van der Waals surface area contributed by atoms with E-state index in [4.69, 9.17) is 0 Å². The molecule has 0 aliphatic rings. The van der Waals surface area contributed by atoms with E-state index in [2.05, 4.69) is 4.98 Å². The van der Waals surface area contributed by atoms with Crippen LogP contribution in [-0.4, -0.2) is 16.1 Å². The molecule has 0 aliphatic heterocycles. The first-order valence-electron chi connectivity index (χ1n) is 5.89. The van der Waals surface area contributed by atoms with Crippen LogP contribution in [0.25, 0.3) is 11.3 Å². The van der Waals surface area contributed by atoms with Crippen molar-refractivity contribution in [2.45, 2.75) is 19.8 Å². The molecule has 1 aromatic heterocycles. The van der Waals surface area contributed by atoms with Gasteiger partial charge in [0, 0.05) is 11.8 Å². The lowest BCUT2D eigenvalue weighted by molar-refractivity contribution is 0.0695. The van der Waals surface area contributed by atoms with Crippen LogP contribution in [0.15, 0.2) is 42.6 Å². The normalized spacial score (nSPS) is 10.6. The van der Waals surface area contributed by atoms with Gasteiger partial charge >= 0.3 is 5.97 Å². The molecule has 0 aliphatic carbocycles. The summed E-state index contributed by atoms with van der Waals surface area (Å²) < 4.78 is 0. The van der Waals surface area contributed by atoms with E-state index in [1.165, 1.54) is 0 Å². The summed E-state index contributed by atoms with van der Waals surface area (Å²) in [6, 6.07) is 11.0. The minimum Gasteiger partial charge on any atom is -0.478 e. The molecule has 1 heterocycles. The molecule has 0 saturated heterocycles. The van der Waals surface area contributed by atoms with Gasteiger partial charge in [-0.05, 0) is 29.7 Å². The number of aromatic nitrogens is 1. The van der Waals surface area contributed by atoms with Crippen LogP contribution in [0.1, 0.15) is 35.7 Å². The molecule has 0 unspecified atom stereocenters. The molecule has 0 amide bonds. The van der Waals surface area contributed by atoms with Crippen molar-refractivity contribution in [3.63, 3.8) is 0 Å². The Labute approximate surface area is 106 Å². The Morgan fingerprint density at radius 2 is 1.94 bits per heavy atom. The highest BCUT2D eigenvalue weighted by Crippen LogP contribution is 2.30. The summed E-state index contributed by atoms with van der Waals surface area (Å²) in [4.78, 5) is 15.6. The Balaban J connectivity index is 2.68. The summed E-state index contributed by atoms with van der Waals surface area (Å²) in [6.45, 7) is 3.99. The van der Waals surface area contributed by atoms with Crippen molar-refractivity contribution in [3.05, 3.63) is 53.7 Å². The van der Waals surface area contributed by atoms with Gasteiger partial charge in [-0.2, -0.15) is 0 Å². The number of hydrogen-bond donors (Lipinski definition) is 1. The van der Waals surface area contributed by atoms with E-state index < -0.39 is 5.97 Å². The van der Waals surface area contributed by atoms with Gasteiger partial charge in [0.05, 0.1) is 11.3 Å². The molecule has 0 atom stereocenters. The maximum Gasteiger partial charge on any atom is 0.335 e. The molecule has 92 valence electrons. The molecule has 3 nitrogen and oxygen atoms in total. The van der Waals surface area contributed by atoms with Crippen molar-refractivity contribution in [2.24, 2.45) is 0 Å². The van der Waals surface area contributed by atoms with Gasteiger partial charge in [0.2, 0.25) is 0 Å². The van der Waals surface area contributed by atoms with Crippen molar-refractivity contribution in [2.75, 3.05) is 0 Å². The van der Waals surface area contributed by atoms with Gasteiger partial charge in [0.1, 0.15) is 0 Å². The maximum absolute atomic E-state index is 11.3. The third kappa shape index (κ3) is 2.25. The van der Waals surface area contributed by atoms with Crippen molar-refractivity contribution >= 4 is 5.97 Å². The highest BCUT2D eigenvalue weighted by atomic mass is 16.4. The summed E-state index contributed by atoms with van der Waals surface area (Å²) >= 11 is 0. The Kier molecular flexibility index (Phi) is 3.42. The number of hydrogen-bond acceptors (Lipinski definition) is 2. The molecule has 0 spiro atoms. The second-order valence-electron chi connectivity index (χ2n) is 4.44. The number of carboxylic acids is 1. The Morgan fingerprint density at radius 3 is 2.50 bits per heavy atom. The van der Waals surface area contributed by atoms with Gasteiger partial charge in [-0.3, -0.25) is 4.98 Å². The van der Waals surface area contributed by atoms with Crippen molar-refractivity contribution in [1.82, 2.24) is 4.98 Å². The van der Waals surface area contributed by atoms with Crippen molar-refractivity contribution < 1.29 is 9.90 Å². The fourth-order valence-electron chi connectivity index (χ4n) is 2.12. The van der Waals surface area contributed by atoms with Gasteiger partial charge in [-0.15, -0.1) is 0 Å². The minimum atomic E-state index is -0.892. The van der Waals surface area contributed by atoms with E-state index in [1.807, 2.05) is 38.1 Å². The van der Waals surface area contributed by atoms with E-state index in [9.17, 15) is 9.90 Å². The van der Waals surface area contributed by atoms with Gasteiger partial charge in [-0.1, -0.05) is 32.0 Å². The summed E-state index contributed by atoms with van der Waals surface area (Å²) in [7, 11) is 0. The Hall–Kier alpha value is -2.16. The first-order chi connectivity index (χ1) is 8.61. The first-order valence-corrected chi connectivity index (χ1v) is 5.89. The van der Waals surface area contributed by atoms with Gasteiger partial charge < -0.3 is 5.11 Å². The summed E-state index contributed by atoms with van der Waals surface area (Å²) in [6.07, 6.45) is 1.72. The summed E-state index contributed by atoms with van der Waals surface area (Å²) in [5.74, 6) is -0.759.